The van der Waals surface area contributed by atoms with Gasteiger partial charge < -0.3 is 21.3 Å². The summed E-state index contributed by atoms with van der Waals surface area (Å²) >= 11 is 0. The number of likely N-dealkylation sites (tertiary alicyclic amines) is 1. The zero-order chi connectivity index (χ0) is 27.7. The van der Waals surface area contributed by atoms with E-state index in [0.717, 1.165) is 10.5 Å². The third-order valence-electron chi connectivity index (χ3n) is 7.47. The molecule has 0 saturated carbocycles. The fraction of sp³-hybridized carbons (Fsp3) is 0.241. The van der Waals surface area contributed by atoms with Gasteiger partial charge in [-0.2, -0.15) is 0 Å². The average molecular weight is 564 g/mol. The summed E-state index contributed by atoms with van der Waals surface area (Å²) in [5, 5.41) is 21.3. The van der Waals surface area contributed by atoms with Crippen LogP contribution in [-0.4, -0.2) is 45.8 Å². The van der Waals surface area contributed by atoms with Crippen LogP contribution in [0.1, 0.15) is 28.3 Å². The number of halogens is 1. The Morgan fingerprint density at radius 2 is 1.62 bits per heavy atom. The van der Waals surface area contributed by atoms with Crippen molar-refractivity contribution < 1.29 is 24.2 Å². The van der Waals surface area contributed by atoms with Crippen molar-refractivity contribution in [2.45, 2.75) is 24.7 Å². The Morgan fingerprint density at radius 1 is 0.975 bits per heavy atom. The summed E-state index contributed by atoms with van der Waals surface area (Å²) in [6.45, 7) is -0.180. The predicted molar refractivity (Wildman–Crippen MR) is 150 cm³/mol. The molecule has 0 aromatic heterocycles. The van der Waals surface area contributed by atoms with Gasteiger partial charge >= 0.3 is 5.97 Å². The molecule has 3 aromatic rings. The van der Waals surface area contributed by atoms with E-state index in [1.54, 1.807) is 48.5 Å². The van der Waals surface area contributed by atoms with Gasteiger partial charge in [-0.15, -0.1) is 12.4 Å². The molecule has 2 aliphatic heterocycles. The lowest BCUT2D eigenvalue weighted by Crippen LogP contribution is -2.58. The highest BCUT2D eigenvalue weighted by Crippen LogP contribution is 2.49. The van der Waals surface area contributed by atoms with Gasteiger partial charge in [-0.1, -0.05) is 66.7 Å². The highest BCUT2D eigenvalue weighted by Gasteiger charge is 2.68. The van der Waals surface area contributed by atoms with Gasteiger partial charge in [0.05, 0.1) is 31.6 Å². The molecule has 2 saturated heterocycles. The molecule has 2 aliphatic rings. The van der Waals surface area contributed by atoms with Crippen LogP contribution >= 0.6 is 12.4 Å². The van der Waals surface area contributed by atoms with E-state index in [-0.39, 0.29) is 38.0 Å². The van der Waals surface area contributed by atoms with Crippen molar-refractivity contribution in [3.63, 3.8) is 0 Å². The van der Waals surface area contributed by atoms with E-state index >= 15 is 0 Å². The Morgan fingerprint density at radius 3 is 2.23 bits per heavy atom. The molecule has 2 heterocycles. The largest absolute Gasteiger partial charge is 0.480 e. The van der Waals surface area contributed by atoms with E-state index in [1.807, 2.05) is 30.3 Å². The summed E-state index contributed by atoms with van der Waals surface area (Å²) < 4.78 is 5.88. The number of carbonyl (C=O) groups is 3. The zero-order valence-electron chi connectivity index (χ0n) is 21.4. The van der Waals surface area contributed by atoms with E-state index in [2.05, 4.69) is 5.32 Å². The summed E-state index contributed by atoms with van der Waals surface area (Å²) in [5.74, 6) is -4.57. The summed E-state index contributed by atoms with van der Waals surface area (Å²) in [5.41, 5.74) is 12.7. The number of hydrogen-bond donors (Lipinski definition) is 5. The molecule has 4 unspecified atom stereocenters. The minimum absolute atomic E-state index is 0. The molecule has 4 atom stereocenters. The van der Waals surface area contributed by atoms with Gasteiger partial charge in [0.2, 0.25) is 11.8 Å². The van der Waals surface area contributed by atoms with Gasteiger partial charge in [-0.25, -0.2) is 0 Å². The number of benzene rings is 3. The van der Waals surface area contributed by atoms with Gasteiger partial charge in [0.25, 0.3) is 0 Å². The van der Waals surface area contributed by atoms with Crippen LogP contribution in [0.5, 0.6) is 0 Å². The Kier molecular flexibility index (Phi) is 8.24. The molecular weight excluding hydrogens is 534 g/mol. The SMILES string of the molecule is Cl.N=C(N)c1ccc(C2NC(COCc3ccccc3)(C(=O)O)C3C(=O)N(Cc4ccc(N)cc4)C(=O)C23)cc1. The van der Waals surface area contributed by atoms with Crippen LogP contribution in [0.25, 0.3) is 0 Å². The summed E-state index contributed by atoms with van der Waals surface area (Å²) in [6, 6.07) is 22.0. The van der Waals surface area contributed by atoms with Crippen molar-refractivity contribution in [2.24, 2.45) is 17.6 Å². The second-order valence-corrected chi connectivity index (χ2v) is 9.92. The number of carboxylic acid groups (broad SMARTS) is 1. The summed E-state index contributed by atoms with van der Waals surface area (Å²) in [7, 11) is 0. The third-order valence-corrected chi connectivity index (χ3v) is 7.47. The Labute approximate surface area is 237 Å². The maximum absolute atomic E-state index is 13.8. The van der Waals surface area contributed by atoms with Crippen molar-refractivity contribution in [2.75, 3.05) is 12.3 Å². The van der Waals surface area contributed by atoms with Crippen molar-refractivity contribution in [1.29, 1.82) is 5.41 Å². The highest BCUT2D eigenvalue weighted by atomic mass is 35.5. The van der Waals surface area contributed by atoms with E-state index in [0.29, 0.717) is 22.4 Å². The molecule has 11 heteroatoms. The number of nitrogens with zero attached hydrogens (tertiary/aromatic N) is 1. The van der Waals surface area contributed by atoms with Gasteiger partial charge in [0.15, 0.2) is 5.54 Å². The summed E-state index contributed by atoms with van der Waals surface area (Å²) in [4.78, 5) is 41.6. The monoisotopic (exact) mass is 563 g/mol. The lowest BCUT2D eigenvalue weighted by Gasteiger charge is -2.31. The predicted octanol–water partition coefficient (Wildman–Crippen LogP) is 2.46. The molecule has 40 heavy (non-hydrogen) atoms. The number of anilines is 1. The first-order chi connectivity index (χ1) is 18.7. The second-order valence-electron chi connectivity index (χ2n) is 9.92. The fourth-order valence-electron chi connectivity index (χ4n) is 5.48. The van der Waals surface area contributed by atoms with Crippen molar-refractivity contribution >= 4 is 41.7 Å². The maximum Gasteiger partial charge on any atom is 0.327 e. The van der Waals surface area contributed by atoms with E-state index < -0.39 is 41.2 Å². The quantitative estimate of drug-likeness (QED) is 0.114. The van der Waals surface area contributed by atoms with E-state index in [1.165, 1.54) is 0 Å². The van der Waals surface area contributed by atoms with Crippen LogP contribution in [0, 0.1) is 17.2 Å². The zero-order valence-corrected chi connectivity index (χ0v) is 22.3. The van der Waals surface area contributed by atoms with E-state index in [9.17, 15) is 19.5 Å². The van der Waals surface area contributed by atoms with Gasteiger partial charge in [-0.05, 0) is 28.8 Å². The normalized spacial score (nSPS) is 23.5. The number of amides is 2. The minimum atomic E-state index is -1.84. The Bertz CT molecular complexity index is 1420. The standard InChI is InChI=1S/C29H29N5O5.ClH/c30-21-12-6-17(7-13-21)14-34-26(35)22-23(27(34)36)29(28(37)38,16-39-15-18-4-2-1-3-5-18)33-24(22)19-8-10-20(11-9-19)25(31)32;/h1-13,22-24,33H,14-16,30H2,(H3,31,32)(H,37,38);1H. The molecule has 5 rings (SSSR count). The number of nitrogen functional groups attached to an aromatic ring is 2. The van der Waals surface area contributed by atoms with Crippen LogP contribution < -0.4 is 16.8 Å². The molecule has 0 bridgehead atoms. The van der Waals surface area contributed by atoms with Crippen LogP contribution in [0.2, 0.25) is 0 Å². The number of rotatable bonds is 9. The molecule has 2 fully saturated rings. The second kappa shape index (κ2) is 11.5. The minimum Gasteiger partial charge on any atom is -0.480 e. The maximum atomic E-state index is 13.8. The molecular formula is C29H30ClN5O5. The first-order valence-electron chi connectivity index (χ1n) is 12.5. The molecule has 208 valence electrons. The van der Waals surface area contributed by atoms with Gasteiger partial charge in [-0.3, -0.25) is 30.0 Å². The molecule has 2 amide bonds. The molecule has 0 spiro atoms. The van der Waals surface area contributed by atoms with Crippen molar-refractivity contribution in [3.8, 4) is 0 Å². The lowest BCUT2D eigenvalue weighted by molar-refractivity contribution is -0.155. The number of fused-ring (bicyclic) bond motifs is 1. The third kappa shape index (κ3) is 5.16. The van der Waals surface area contributed by atoms with Gasteiger partial charge in [0, 0.05) is 17.3 Å². The number of amidine groups is 1. The topological polar surface area (TPSA) is 172 Å². The number of carboxylic acids is 1. The van der Waals surface area contributed by atoms with Crippen LogP contribution in [0.3, 0.4) is 0 Å². The number of nitrogens with one attached hydrogen (secondary N) is 2. The van der Waals surface area contributed by atoms with Crippen LogP contribution in [-0.2, 0) is 32.3 Å². The van der Waals surface area contributed by atoms with Crippen molar-refractivity contribution in [1.82, 2.24) is 10.2 Å². The average Bonchev–Trinajstić information content (AvgIpc) is 3.40. The fourth-order valence-corrected chi connectivity index (χ4v) is 5.48. The first-order valence-corrected chi connectivity index (χ1v) is 12.5. The number of nitrogens with two attached hydrogens (primary N) is 2. The van der Waals surface area contributed by atoms with Crippen LogP contribution in [0.15, 0.2) is 78.9 Å². The Balaban J connectivity index is 0.00000370. The van der Waals surface area contributed by atoms with E-state index in [4.69, 9.17) is 21.6 Å². The number of hydrogen-bond acceptors (Lipinski definition) is 7. The highest BCUT2D eigenvalue weighted by molar-refractivity contribution is 6.09. The summed E-state index contributed by atoms with van der Waals surface area (Å²) in [6.07, 6.45) is 0. The van der Waals surface area contributed by atoms with Gasteiger partial charge in [0.1, 0.15) is 5.84 Å². The number of ether oxygens (including phenoxy) is 1. The Hall–Kier alpha value is -4.25. The molecule has 10 nitrogen and oxygen atoms in total. The molecule has 7 N–H and O–H groups in total. The number of carbonyl (C=O) groups excluding carboxylic acids is 2. The molecule has 0 radical (unpaired) electrons. The smallest absolute Gasteiger partial charge is 0.327 e. The number of aliphatic carboxylic acids is 1. The molecule has 0 aliphatic carbocycles. The number of imide groups is 1. The lowest BCUT2D eigenvalue weighted by atomic mass is 9.79. The van der Waals surface area contributed by atoms with Crippen molar-refractivity contribution in [3.05, 3.63) is 101 Å². The molecule has 3 aromatic carbocycles. The first kappa shape index (κ1) is 28.8. The van der Waals surface area contributed by atoms with Crippen LogP contribution in [0.4, 0.5) is 5.69 Å².